The average molecular weight is 390 g/mol. The second-order valence-electron chi connectivity index (χ2n) is 7.31. The van der Waals surface area contributed by atoms with Crippen LogP contribution in [-0.4, -0.2) is 37.9 Å². The normalized spacial score (nSPS) is 11.7. The Labute approximate surface area is 171 Å². The van der Waals surface area contributed by atoms with Crippen molar-refractivity contribution in [1.29, 1.82) is 0 Å². The van der Waals surface area contributed by atoms with Crippen LogP contribution in [0.25, 0.3) is 10.8 Å². The van der Waals surface area contributed by atoms with Gasteiger partial charge in [-0.05, 0) is 53.1 Å². The van der Waals surface area contributed by atoms with E-state index in [1.54, 1.807) is 33.3 Å². The van der Waals surface area contributed by atoms with Gasteiger partial charge in [0.15, 0.2) is 0 Å². The van der Waals surface area contributed by atoms with Crippen molar-refractivity contribution in [2.75, 3.05) is 21.2 Å². The Bertz CT molecular complexity index is 1030. The van der Waals surface area contributed by atoms with Crippen molar-refractivity contribution in [3.8, 4) is 5.75 Å². The maximum absolute atomic E-state index is 12.6. The third-order valence-electron chi connectivity index (χ3n) is 5.04. The Kier molecular flexibility index (Phi) is 6.17. The second-order valence-corrected chi connectivity index (χ2v) is 7.31. The summed E-state index contributed by atoms with van der Waals surface area (Å²) in [5, 5.41) is 5.13. The van der Waals surface area contributed by atoms with E-state index in [1.165, 1.54) is 4.90 Å². The van der Waals surface area contributed by atoms with Gasteiger partial charge in [0.2, 0.25) is 5.91 Å². The maximum Gasteiger partial charge on any atom is 0.253 e. The molecule has 0 aliphatic carbocycles. The van der Waals surface area contributed by atoms with E-state index in [1.807, 2.05) is 55.5 Å². The number of carbonyl (C=O) groups is 2. The van der Waals surface area contributed by atoms with Crippen LogP contribution in [0.15, 0.2) is 60.7 Å². The number of nitrogens with one attached hydrogen (secondary N) is 1. The van der Waals surface area contributed by atoms with Crippen LogP contribution in [0.5, 0.6) is 5.75 Å². The monoisotopic (exact) mass is 390 g/mol. The molecule has 0 radical (unpaired) electrons. The predicted molar refractivity (Wildman–Crippen MR) is 115 cm³/mol. The number of rotatable bonds is 6. The molecule has 0 aromatic heterocycles. The number of hydrogen-bond donors (Lipinski definition) is 1. The van der Waals surface area contributed by atoms with E-state index in [-0.39, 0.29) is 17.7 Å². The zero-order chi connectivity index (χ0) is 21.0. The lowest BCUT2D eigenvalue weighted by Crippen LogP contribution is -2.27. The van der Waals surface area contributed by atoms with Crippen molar-refractivity contribution in [2.24, 2.45) is 0 Å². The van der Waals surface area contributed by atoms with Gasteiger partial charge in [-0.3, -0.25) is 9.59 Å². The highest BCUT2D eigenvalue weighted by Gasteiger charge is 2.15. The number of methoxy groups -OCH3 is 1. The van der Waals surface area contributed by atoms with Crippen LogP contribution < -0.4 is 10.1 Å². The van der Waals surface area contributed by atoms with Crippen molar-refractivity contribution in [1.82, 2.24) is 10.2 Å². The number of amides is 2. The number of hydrogen-bond acceptors (Lipinski definition) is 3. The highest BCUT2D eigenvalue weighted by molar-refractivity contribution is 5.94. The Morgan fingerprint density at radius 1 is 0.966 bits per heavy atom. The fourth-order valence-electron chi connectivity index (χ4n) is 3.16. The van der Waals surface area contributed by atoms with Crippen LogP contribution in [0, 0.1) is 0 Å². The standard InChI is InChI=1S/C24H26N2O3/c1-16(19-9-10-21-14-22(29-4)12-11-20(21)13-19)23(27)25-15-17-5-7-18(8-6-17)24(28)26(2)3/h5-14,16H,15H2,1-4H3,(H,25,27). The Morgan fingerprint density at radius 2 is 1.62 bits per heavy atom. The molecule has 0 saturated heterocycles. The van der Waals surface area contributed by atoms with Crippen LogP contribution in [0.2, 0.25) is 0 Å². The largest absolute Gasteiger partial charge is 0.497 e. The summed E-state index contributed by atoms with van der Waals surface area (Å²) < 4.78 is 5.26. The summed E-state index contributed by atoms with van der Waals surface area (Å²) in [6.07, 6.45) is 0. The Balaban J connectivity index is 1.64. The molecule has 1 atom stereocenters. The summed E-state index contributed by atoms with van der Waals surface area (Å²) in [4.78, 5) is 26.1. The summed E-state index contributed by atoms with van der Waals surface area (Å²) in [6, 6.07) is 19.2. The fraction of sp³-hybridized carbons (Fsp3) is 0.250. The van der Waals surface area contributed by atoms with E-state index in [4.69, 9.17) is 4.74 Å². The molecule has 29 heavy (non-hydrogen) atoms. The molecule has 0 aliphatic rings. The number of benzene rings is 3. The van der Waals surface area contributed by atoms with Crippen molar-refractivity contribution < 1.29 is 14.3 Å². The highest BCUT2D eigenvalue weighted by atomic mass is 16.5. The van der Waals surface area contributed by atoms with Gasteiger partial charge in [-0.1, -0.05) is 36.4 Å². The first-order valence-corrected chi connectivity index (χ1v) is 9.55. The molecule has 0 heterocycles. The molecular weight excluding hydrogens is 364 g/mol. The second kappa shape index (κ2) is 8.78. The van der Waals surface area contributed by atoms with Crippen molar-refractivity contribution in [3.05, 3.63) is 77.4 Å². The highest BCUT2D eigenvalue weighted by Crippen LogP contribution is 2.25. The van der Waals surface area contributed by atoms with Crippen LogP contribution in [0.3, 0.4) is 0 Å². The van der Waals surface area contributed by atoms with Gasteiger partial charge in [0, 0.05) is 26.2 Å². The molecule has 3 rings (SSSR count). The van der Waals surface area contributed by atoms with Crippen molar-refractivity contribution >= 4 is 22.6 Å². The molecule has 0 spiro atoms. The maximum atomic E-state index is 12.6. The number of carbonyl (C=O) groups excluding carboxylic acids is 2. The van der Waals surface area contributed by atoms with Gasteiger partial charge < -0.3 is 15.0 Å². The topological polar surface area (TPSA) is 58.6 Å². The number of nitrogens with zero attached hydrogens (tertiary/aromatic N) is 1. The summed E-state index contributed by atoms with van der Waals surface area (Å²) >= 11 is 0. The molecule has 0 bridgehead atoms. The third-order valence-corrected chi connectivity index (χ3v) is 5.04. The van der Waals surface area contributed by atoms with Crippen molar-refractivity contribution in [3.63, 3.8) is 0 Å². The minimum atomic E-state index is -0.268. The lowest BCUT2D eigenvalue weighted by atomic mass is 9.97. The molecule has 5 heteroatoms. The molecule has 0 saturated carbocycles. The van der Waals surface area contributed by atoms with Crippen LogP contribution in [0.4, 0.5) is 0 Å². The molecule has 2 amide bonds. The van der Waals surface area contributed by atoms with Crippen LogP contribution in [-0.2, 0) is 11.3 Å². The van der Waals surface area contributed by atoms with Gasteiger partial charge in [-0.2, -0.15) is 0 Å². The first-order valence-electron chi connectivity index (χ1n) is 9.55. The number of ether oxygens (including phenoxy) is 1. The minimum absolute atomic E-state index is 0.0358. The summed E-state index contributed by atoms with van der Waals surface area (Å²) in [5.41, 5.74) is 2.55. The van der Waals surface area contributed by atoms with Gasteiger partial charge in [0.25, 0.3) is 5.91 Å². The molecule has 150 valence electrons. The van der Waals surface area contributed by atoms with Crippen LogP contribution in [0.1, 0.15) is 34.3 Å². The molecule has 1 unspecified atom stereocenters. The van der Waals surface area contributed by atoms with Gasteiger partial charge >= 0.3 is 0 Å². The van der Waals surface area contributed by atoms with Crippen LogP contribution >= 0.6 is 0 Å². The van der Waals surface area contributed by atoms with E-state index in [9.17, 15) is 9.59 Å². The lowest BCUT2D eigenvalue weighted by Gasteiger charge is -2.14. The van der Waals surface area contributed by atoms with E-state index in [2.05, 4.69) is 5.32 Å². The Morgan fingerprint density at radius 3 is 2.28 bits per heavy atom. The SMILES string of the molecule is COc1ccc2cc(C(C)C(=O)NCc3ccc(C(=O)N(C)C)cc3)ccc2c1. The lowest BCUT2D eigenvalue weighted by molar-refractivity contribution is -0.122. The van der Waals surface area contributed by atoms with Gasteiger partial charge in [0.1, 0.15) is 5.75 Å². The van der Waals surface area contributed by atoms with E-state index >= 15 is 0 Å². The summed E-state index contributed by atoms with van der Waals surface area (Å²) in [7, 11) is 5.10. The predicted octanol–water partition coefficient (Wildman–Crippen LogP) is 3.97. The molecule has 0 aliphatic heterocycles. The molecule has 3 aromatic carbocycles. The summed E-state index contributed by atoms with van der Waals surface area (Å²) in [6.45, 7) is 2.32. The zero-order valence-corrected chi connectivity index (χ0v) is 17.2. The third kappa shape index (κ3) is 4.74. The van der Waals surface area contributed by atoms with Gasteiger partial charge in [0.05, 0.1) is 13.0 Å². The van der Waals surface area contributed by atoms with E-state index < -0.39 is 0 Å². The Hall–Kier alpha value is -3.34. The smallest absolute Gasteiger partial charge is 0.253 e. The minimum Gasteiger partial charge on any atom is -0.497 e. The number of fused-ring (bicyclic) bond motifs is 1. The molecular formula is C24H26N2O3. The van der Waals surface area contributed by atoms with E-state index in [0.29, 0.717) is 12.1 Å². The summed E-state index contributed by atoms with van der Waals surface area (Å²) in [5.74, 6) is 0.472. The first-order chi connectivity index (χ1) is 13.9. The molecule has 1 N–H and O–H groups in total. The fourth-order valence-corrected chi connectivity index (χ4v) is 3.16. The quantitative estimate of drug-likeness (QED) is 0.693. The van der Waals surface area contributed by atoms with Gasteiger partial charge in [-0.15, -0.1) is 0 Å². The van der Waals surface area contributed by atoms with E-state index in [0.717, 1.165) is 27.6 Å². The first kappa shape index (κ1) is 20.4. The molecule has 0 fully saturated rings. The molecule has 3 aromatic rings. The molecule has 5 nitrogen and oxygen atoms in total. The van der Waals surface area contributed by atoms with Crippen molar-refractivity contribution in [2.45, 2.75) is 19.4 Å². The van der Waals surface area contributed by atoms with Gasteiger partial charge in [-0.25, -0.2) is 0 Å². The zero-order valence-electron chi connectivity index (χ0n) is 17.2. The average Bonchev–Trinajstić information content (AvgIpc) is 2.75.